The molecule has 0 aliphatic rings. The first-order valence-electron chi connectivity index (χ1n) is 7.81. The normalized spacial score (nSPS) is 10.6. The van der Waals surface area contributed by atoms with Gasteiger partial charge >= 0.3 is 0 Å². The molecule has 0 atom stereocenters. The average molecular weight is 308 g/mol. The molecule has 0 saturated heterocycles. The predicted octanol–water partition coefficient (Wildman–Crippen LogP) is 3.23. The van der Waals surface area contributed by atoms with Gasteiger partial charge in [0.25, 0.3) is 0 Å². The lowest BCUT2D eigenvalue weighted by atomic mass is 10.2. The molecule has 23 heavy (non-hydrogen) atoms. The van der Waals surface area contributed by atoms with Crippen molar-refractivity contribution >= 4 is 16.8 Å². The molecule has 1 N–H and O–H groups in total. The number of aryl methyl sites for hydroxylation is 1. The van der Waals surface area contributed by atoms with E-state index in [0.29, 0.717) is 26.1 Å². The Hall–Kier alpha value is -2.75. The van der Waals surface area contributed by atoms with E-state index in [2.05, 4.69) is 28.1 Å². The standard InChI is InChI=1S/C19H20N2O2/c22-19(20-12-15-23-17-7-2-1-3-8-17)11-14-21-13-10-16-6-4-5-9-18(16)21/h1-10,13H,11-12,14-15H2,(H,20,22). The third-order valence-electron chi connectivity index (χ3n) is 3.70. The molecule has 0 radical (unpaired) electrons. The highest BCUT2D eigenvalue weighted by Gasteiger charge is 2.04. The van der Waals surface area contributed by atoms with Crippen LogP contribution in [0.1, 0.15) is 6.42 Å². The Bertz CT molecular complexity index is 765. The molecule has 118 valence electrons. The number of rotatable bonds is 7. The molecule has 0 bridgehead atoms. The van der Waals surface area contributed by atoms with Crippen molar-refractivity contribution in [3.05, 3.63) is 66.9 Å². The maximum absolute atomic E-state index is 11.9. The van der Waals surface area contributed by atoms with E-state index in [9.17, 15) is 4.79 Å². The van der Waals surface area contributed by atoms with Crippen LogP contribution in [-0.4, -0.2) is 23.6 Å². The SMILES string of the molecule is O=C(CCn1ccc2ccccc21)NCCOc1ccccc1. The second-order valence-electron chi connectivity index (χ2n) is 5.33. The van der Waals surface area contributed by atoms with Gasteiger partial charge in [-0.25, -0.2) is 0 Å². The smallest absolute Gasteiger partial charge is 0.221 e. The first-order valence-corrected chi connectivity index (χ1v) is 7.81. The molecule has 1 aromatic heterocycles. The van der Waals surface area contributed by atoms with E-state index in [1.807, 2.05) is 48.7 Å². The Morgan fingerprint density at radius 1 is 1.00 bits per heavy atom. The number of para-hydroxylation sites is 2. The van der Waals surface area contributed by atoms with Gasteiger partial charge in [0.2, 0.25) is 5.91 Å². The van der Waals surface area contributed by atoms with E-state index in [1.54, 1.807) is 0 Å². The summed E-state index contributed by atoms with van der Waals surface area (Å²) in [5.74, 6) is 0.861. The molecule has 1 amide bonds. The number of amides is 1. The van der Waals surface area contributed by atoms with Crippen LogP contribution in [0.2, 0.25) is 0 Å². The van der Waals surface area contributed by atoms with Crippen molar-refractivity contribution < 1.29 is 9.53 Å². The fourth-order valence-corrected chi connectivity index (χ4v) is 2.52. The van der Waals surface area contributed by atoms with Gasteiger partial charge in [-0.1, -0.05) is 36.4 Å². The van der Waals surface area contributed by atoms with Crippen LogP contribution in [0.4, 0.5) is 0 Å². The Balaban J connectivity index is 1.40. The van der Waals surface area contributed by atoms with Crippen LogP contribution >= 0.6 is 0 Å². The van der Waals surface area contributed by atoms with Gasteiger partial charge in [0.1, 0.15) is 12.4 Å². The zero-order valence-electron chi connectivity index (χ0n) is 12.9. The number of carbonyl (C=O) groups is 1. The highest BCUT2D eigenvalue weighted by molar-refractivity contribution is 5.80. The van der Waals surface area contributed by atoms with Crippen LogP contribution in [0.25, 0.3) is 10.9 Å². The minimum Gasteiger partial charge on any atom is -0.492 e. The van der Waals surface area contributed by atoms with E-state index < -0.39 is 0 Å². The summed E-state index contributed by atoms with van der Waals surface area (Å²) >= 11 is 0. The Kier molecular flexibility index (Phi) is 4.94. The van der Waals surface area contributed by atoms with Crippen molar-refractivity contribution in [3.8, 4) is 5.75 Å². The summed E-state index contributed by atoms with van der Waals surface area (Å²) in [6, 6.07) is 19.9. The van der Waals surface area contributed by atoms with E-state index in [4.69, 9.17) is 4.74 Å². The number of aromatic nitrogens is 1. The highest BCUT2D eigenvalue weighted by Crippen LogP contribution is 2.15. The van der Waals surface area contributed by atoms with Crippen molar-refractivity contribution in [2.24, 2.45) is 0 Å². The third-order valence-corrected chi connectivity index (χ3v) is 3.70. The van der Waals surface area contributed by atoms with Crippen LogP contribution in [0.15, 0.2) is 66.9 Å². The van der Waals surface area contributed by atoms with Crippen LogP contribution < -0.4 is 10.1 Å². The van der Waals surface area contributed by atoms with Crippen LogP contribution in [0.3, 0.4) is 0 Å². The lowest BCUT2D eigenvalue weighted by molar-refractivity contribution is -0.121. The van der Waals surface area contributed by atoms with Crippen LogP contribution in [0, 0.1) is 0 Å². The molecular weight excluding hydrogens is 288 g/mol. The summed E-state index contributed by atoms with van der Waals surface area (Å²) in [7, 11) is 0. The first kappa shape index (κ1) is 15.2. The summed E-state index contributed by atoms with van der Waals surface area (Å²) < 4.78 is 7.65. The number of hydrogen-bond donors (Lipinski definition) is 1. The fourth-order valence-electron chi connectivity index (χ4n) is 2.52. The summed E-state index contributed by atoms with van der Waals surface area (Å²) in [5.41, 5.74) is 1.16. The molecule has 3 aromatic rings. The summed E-state index contributed by atoms with van der Waals surface area (Å²) in [4.78, 5) is 11.9. The summed E-state index contributed by atoms with van der Waals surface area (Å²) in [6.45, 7) is 1.67. The van der Waals surface area contributed by atoms with Gasteiger partial charge in [0.05, 0.1) is 6.54 Å². The lowest BCUT2D eigenvalue weighted by Crippen LogP contribution is -2.28. The summed E-state index contributed by atoms with van der Waals surface area (Å²) in [6.07, 6.45) is 2.49. The highest BCUT2D eigenvalue weighted by atomic mass is 16.5. The number of fused-ring (bicyclic) bond motifs is 1. The molecular formula is C19H20N2O2. The predicted molar refractivity (Wildman–Crippen MR) is 91.5 cm³/mol. The van der Waals surface area contributed by atoms with Crippen molar-refractivity contribution in [2.75, 3.05) is 13.2 Å². The maximum atomic E-state index is 11.9. The molecule has 0 unspecified atom stereocenters. The molecule has 0 aliphatic heterocycles. The number of hydrogen-bond acceptors (Lipinski definition) is 2. The van der Waals surface area contributed by atoms with E-state index in [0.717, 1.165) is 11.3 Å². The monoisotopic (exact) mass is 308 g/mol. The zero-order chi connectivity index (χ0) is 15.9. The van der Waals surface area contributed by atoms with Crippen molar-refractivity contribution in [1.29, 1.82) is 0 Å². The quantitative estimate of drug-likeness (QED) is 0.681. The largest absolute Gasteiger partial charge is 0.492 e. The van der Waals surface area contributed by atoms with Gasteiger partial charge in [0.15, 0.2) is 0 Å². The summed E-state index contributed by atoms with van der Waals surface area (Å²) in [5, 5.41) is 4.08. The minimum absolute atomic E-state index is 0.0412. The topological polar surface area (TPSA) is 43.3 Å². The maximum Gasteiger partial charge on any atom is 0.221 e. The Morgan fingerprint density at radius 2 is 1.78 bits per heavy atom. The Morgan fingerprint density at radius 3 is 2.65 bits per heavy atom. The number of nitrogens with one attached hydrogen (secondary N) is 1. The van der Waals surface area contributed by atoms with E-state index in [-0.39, 0.29) is 5.91 Å². The molecule has 0 fully saturated rings. The molecule has 0 aliphatic carbocycles. The van der Waals surface area contributed by atoms with Crippen LogP contribution in [-0.2, 0) is 11.3 Å². The number of ether oxygens (including phenoxy) is 1. The van der Waals surface area contributed by atoms with E-state index in [1.165, 1.54) is 5.39 Å². The molecule has 0 saturated carbocycles. The third kappa shape index (κ3) is 4.13. The number of carbonyl (C=O) groups excluding carboxylic acids is 1. The zero-order valence-corrected chi connectivity index (χ0v) is 12.9. The number of benzene rings is 2. The second kappa shape index (κ2) is 7.49. The van der Waals surface area contributed by atoms with E-state index >= 15 is 0 Å². The fraction of sp³-hybridized carbons (Fsp3) is 0.211. The Labute approximate surface area is 135 Å². The van der Waals surface area contributed by atoms with Gasteiger partial charge in [-0.05, 0) is 29.7 Å². The van der Waals surface area contributed by atoms with Gasteiger partial charge in [-0.3, -0.25) is 4.79 Å². The van der Waals surface area contributed by atoms with Crippen molar-refractivity contribution in [3.63, 3.8) is 0 Å². The molecule has 0 spiro atoms. The molecule has 1 heterocycles. The molecule has 4 heteroatoms. The van der Waals surface area contributed by atoms with Gasteiger partial charge in [-0.2, -0.15) is 0 Å². The second-order valence-corrected chi connectivity index (χ2v) is 5.33. The minimum atomic E-state index is 0.0412. The van der Waals surface area contributed by atoms with Gasteiger partial charge in [-0.15, -0.1) is 0 Å². The van der Waals surface area contributed by atoms with Gasteiger partial charge in [0, 0.05) is 24.7 Å². The van der Waals surface area contributed by atoms with Crippen LogP contribution in [0.5, 0.6) is 5.75 Å². The van der Waals surface area contributed by atoms with Crippen molar-refractivity contribution in [1.82, 2.24) is 9.88 Å². The van der Waals surface area contributed by atoms with Gasteiger partial charge < -0.3 is 14.6 Å². The molecule has 3 rings (SSSR count). The number of nitrogens with zero attached hydrogens (tertiary/aromatic N) is 1. The first-order chi connectivity index (χ1) is 11.3. The molecule has 2 aromatic carbocycles. The lowest BCUT2D eigenvalue weighted by Gasteiger charge is -2.08. The molecule has 4 nitrogen and oxygen atoms in total. The van der Waals surface area contributed by atoms with Crippen molar-refractivity contribution in [2.45, 2.75) is 13.0 Å². The average Bonchev–Trinajstić information content (AvgIpc) is 3.01.